The van der Waals surface area contributed by atoms with Gasteiger partial charge >= 0.3 is 12.1 Å². The zero-order valence-corrected chi connectivity index (χ0v) is 11.2. The van der Waals surface area contributed by atoms with Crippen LogP contribution in [0, 0.1) is 11.3 Å². The molecule has 1 amide bonds. The van der Waals surface area contributed by atoms with Crippen molar-refractivity contribution in [1.29, 1.82) is 0 Å². The number of aliphatic carboxylic acids is 1. The van der Waals surface area contributed by atoms with Crippen LogP contribution < -0.4 is 0 Å². The highest BCUT2D eigenvalue weighted by Crippen LogP contribution is 2.42. The van der Waals surface area contributed by atoms with Crippen LogP contribution in [0.5, 0.6) is 0 Å². The topological polar surface area (TPSA) is 70.1 Å². The number of carboxylic acids is 1. The summed E-state index contributed by atoms with van der Waals surface area (Å²) in [6.07, 6.45) is 1.63. The fourth-order valence-electron chi connectivity index (χ4n) is 3.06. The van der Waals surface area contributed by atoms with E-state index in [1.807, 2.05) is 7.05 Å². The molecule has 19 heavy (non-hydrogen) atoms. The largest absolute Gasteiger partial charge is 0.481 e. The van der Waals surface area contributed by atoms with E-state index < -0.39 is 17.5 Å². The summed E-state index contributed by atoms with van der Waals surface area (Å²) in [4.78, 5) is 27.1. The first-order valence-electron chi connectivity index (χ1n) is 6.44. The first-order valence-corrected chi connectivity index (χ1v) is 6.44. The van der Waals surface area contributed by atoms with Gasteiger partial charge in [-0.1, -0.05) is 12.7 Å². The number of rotatable bonds is 3. The summed E-state index contributed by atoms with van der Waals surface area (Å²) in [5.74, 6) is -0.829. The van der Waals surface area contributed by atoms with Crippen molar-refractivity contribution in [3.63, 3.8) is 0 Å². The van der Waals surface area contributed by atoms with Crippen molar-refractivity contribution in [2.24, 2.45) is 11.3 Å². The number of carbonyl (C=O) groups excluding carboxylic acids is 1. The lowest BCUT2D eigenvalue weighted by molar-refractivity contribution is -0.153. The van der Waals surface area contributed by atoms with Gasteiger partial charge in [0.15, 0.2) is 0 Å². The Hall–Kier alpha value is -1.56. The molecule has 0 saturated carbocycles. The number of hydrogen-bond acceptors (Lipinski definition) is 4. The second-order valence-corrected chi connectivity index (χ2v) is 5.42. The third-order valence-electron chi connectivity index (χ3n) is 4.18. The normalized spacial score (nSPS) is 30.8. The van der Waals surface area contributed by atoms with Crippen LogP contribution in [0.2, 0.25) is 0 Å². The standard InChI is InChI=1S/C13H20N2O4/c1-3-6-19-12(18)15-8-10-7-14(2)5-4-13(10,9-15)11(16)17/h3,10H,1,4-9H2,2H3,(H,16,17)/t10-,13-/m0/s1. The molecule has 0 unspecified atom stereocenters. The molecule has 2 heterocycles. The van der Waals surface area contributed by atoms with E-state index in [-0.39, 0.29) is 19.1 Å². The van der Waals surface area contributed by atoms with Crippen LogP contribution in [0.4, 0.5) is 4.79 Å². The molecule has 0 spiro atoms. The molecule has 2 aliphatic rings. The van der Waals surface area contributed by atoms with E-state index >= 15 is 0 Å². The summed E-state index contributed by atoms with van der Waals surface area (Å²) in [6.45, 7) is 5.79. The fourth-order valence-corrected chi connectivity index (χ4v) is 3.06. The van der Waals surface area contributed by atoms with Gasteiger partial charge in [0.1, 0.15) is 6.61 Å². The molecule has 0 radical (unpaired) electrons. The van der Waals surface area contributed by atoms with E-state index in [0.29, 0.717) is 19.5 Å². The predicted molar refractivity (Wildman–Crippen MR) is 68.8 cm³/mol. The molecule has 2 fully saturated rings. The molecule has 1 N–H and O–H groups in total. The Morgan fingerprint density at radius 3 is 2.89 bits per heavy atom. The fraction of sp³-hybridized carbons (Fsp3) is 0.692. The third-order valence-corrected chi connectivity index (χ3v) is 4.18. The number of ether oxygens (including phenoxy) is 1. The Morgan fingerprint density at radius 2 is 2.26 bits per heavy atom. The van der Waals surface area contributed by atoms with Crippen LogP contribution in [-0.4, -0.2) is 66.8 Å². The molecule has 6 heteroatoms. The number of carbonyl (C=O) groups is 2. The lowest BCUT2D eigenvalue weighted by atomic mass is 9.73. The second kappa shape index (κ2) is 5.21. The minimum absolute atomic E-state index is 0.0277. The number of amides is 1. The molecule has 2 atom stereocenters. The molecule has 2 saturated heterocycles. The Bertz CT molecular complexity index is 398. The molecule has 0 aliphatic carbocycles. The number of hydrogen-bond donors (Lipinski definition) is 1. The van der Waals surface area contributed by atoms with Gasteiger partial charge in [-0.3, -0.25) is 4.79 Å². The zero-order valence-electron chi connectivity index (χ0n) is 11.2. The maximum Gasteiger partial charge on any atom is 0.410 e. The Kier molecular flexibility index (Phi) is 3.80. The lowest BCUT2D eigenvalue weighted by Gasteiger charge is -2.38. The minimum Gasteiger partial charge on any atom is -0.481 e. The molecule has 2 aliphatic heterocycles. The monoisotopic (exact) mass is 268 g/mol. The Labute approximate surface area is 112 Å². The minimum atomic E-state index is -0.806. The van der Waals surface area contributed by atoms with Crippen molar-refractivity contribution in [3.8, 4) is 0 Å². The summed E-state index contributed by atoms with van der Waals surface area (Å²) >= 11 is 0. The lowest BCUT2D eigenvalue weighted by Crippen LogP contribution is -2.49. The van der Waals surface area contributed by atoms with E-state index in [1.165, 1.54) is 11.0 Å². The Balaban J connectivity index is 2.11. The average Bonchev–Trinajstić information content (AvgIpc) is 2.76. The van der Waals surface area contributed by atoms with Gasteiger partial charge in [0, 0.05) is 25.6 Å². The molecule has 106 valence electrons. The third kappa shape index (κ3) is 2.45. The number of nitrogens with zero attached hydrogens (tertiary/aromatic N) is 2. The van der Waals surface area contributed by atoms with Crippen molar-refractivity contribution in [3.05, 3.63) is 12.7 Å². The average molecular weight is 268 g/mol. The SMILES string of the molecule is C=CCOC(=O)N1C[C@@H]2CN(C)CC[C@]2(C(=O)O)C1. The summed E-state index contributed by atoms with van der Waals surface area (Å²) in [6, 6.07) is 0. The number of likely N-dealkylation sites (tertiary alicyclic amines) is 2. The number of fused-ring (bicyclic) bond motifs is 1. The number of carboxylic acid groups (broad SMARTS) is 1. The summed E-state index contributed by atoms with van der Waals surface area (Å²) in [5, 5.41) is 9.55. The molecular formula is C13H20N2O4. The van der Waals surface area contributed by atoms with Crippen LogP contribution in [0.3, 0.4) is 0 Å². The molecule has 0 aromatic heterocycles. The molecule has 0 aromatic carbocycles. The highest BCUT2D eigenvalue weighted by molar-refractivity contribution is 5.78. The van der Waals surface area contributed by atoms with Crippen LogP contribution in [0.15, 0.2) is 12.7 Å². The molecule has 2 rings (SSSR count). The van der Waals surface area contributed by atoms with Crippen molar-refractivity contribution in [1.82, 2.24) is 9.80 Å². The highest BCUT2D eigenvalue weighted by Gasteiger charge is 2.55. The quantitative estimate of drug-likeness (QED) is 0.761. The Morgan fingerprint density at radius 1 is 1.53 bits per heavy atom. The first-order chi connectivity index (χ1) is 8.99. The van der Waals surface area contributed by atoms with E-state index in [4.69, 9.17) is 4.74 Å². The van der Waals surface area contributed by atoms with Gasteiger partial charge in [0.2, 0.25) is 0 Å². The summed E-state index contributed by atoms with van der Waals surface area (Å²) in [5.41, 5.74) is -0.806. The zero-order chi connectivity index (χ0) is 14.0. The predicted octanol–water partition coefficient (Wildman–Crippen LogP) is 0.647. The second-order valence-electron chi connectivity index (χ2n) is 5.42. The summed E-state index contributed by atoms with van der Waals surface area (Å²) < 4.78 is 5.00. The van der Waals surface area contributed by atoms with E-state index in [1.54, 1.807) is 0 Å². The van der Waals surface area contributed by atoms with Gasteiger partial charge in [-0.15, -0.1) is 0 Å². The highest BCUT2D eigenvalue weighted by atomic mass is 16.6. The van der Waals surface area contributed by atoms with Crippen molar-refractivity contribution < 1.29 is 19.4 Å². The molecule has 6 nitrogen and oxygen atoms in total. The van der Waals surface area contributed by atoms with E-state index in [9.17, 15) is 14.7 Å². The van der Waals surface area contributed by atoms with Crippen molar-refractivity contribution >= 4 is 12.1 Å². The molecule has 0 bridgehead atoms. The van der Waals surface area contributed by atoms with Crippen LogP contribution >= 0.6 is 0 Å². The van der Waals surface area contributed by atoms with Crippen LogP contribution in [0.1, 0.15) is 6.42 Å². The molecular weight excluding hydrogens is 248 g/mol. The maximum absolute atomic E-state index is 11.8. The van der Waals surface area contributed by atoms with Crippen molar-refractivity contribution in [2.75, 3.05) is 39.8 Å². The van der Waals surface area contributed by atoms with Crippen LogP contribution in [0.25, 0.3) is 0 Å². The number of piperidine rings is 1. The molecule has 0 aromatic rings. The van der Waals surface area contributed by atoms with Gasteiger partial charge < -0.3 is 19.6 Å². The van der Waals surface area contributed by atoms with Gasteiger partial charge in [0.05, 0.1) is 5.41 Å². The van der Waals surface area contributed by atoms with Gasteiger partial charge in [-0.05, 0) is 20.0 Å². The van der Waals surface area contributed by atoms with E-state index in [2.05, 4.69) is 11.5 Å². The maximum atomic E-state index is 11.8. The van der Waals surface area contributed by atoms with Crippen molar-refractivity contribution in [2.45, 2.75) is 6.42 Å². The van der Waals surface area contributed by atoms with Gasteiger partial charge in [-0.2, -0.15) is 0 Å². The summed E-state index contributed by atoms with van der Waals surface area (Å²) in [7, 11) is 1.98. The van der Waals surface area contributed by atoms with E-state index in [0.717, 1.165) is 6.54 Å². The van der Waals surface area contributed by atoms with Gasteiger partial charge in [0.25, 0.3) is 0 Å². The smallest absolute Gasteiger partial charge is 0.410 e. The van der Waals surface area contributed by atoms with Gasteiger partial charge in [-0.25, -0.2) is 4.79 Å². The van der Waals surface area contributed by atoms with Crippen LogP contribution in [-0.2, 0) is 9.53 Å². The first kappa shape index (κ1) is 13.9.